The zero-order chi connectivity index (χ0) is 16.4. The first-order valence-electron chi connectivity index (χ1n) is 6.67. The molecule has 0 radical (unpaired) electrons. The molecular formula is C16H12N2O5. The molecule has 2 aromatic heterocycles. The first-order valence-corrected chi connectivity index (χ1v) is 6.67. The van der Waals surface area contributed by atoms with Gasteiger partial charge in [-0.1, -0.05) is 0 Å². The van der Waals surface area contributed by atoms with Crippen molar-refractivity contribution in [2.45, 2.75) is 0 Å². The minimum Gasteiger partial charge on any atom is -0.507 e. The highest BCUT2D eigenvalue weighted by atomic mass is 16.6. The molecule has 0 fully saturated rings. The van der Waals surface area contributed by atoms with Crippen molar-refractivity contribution in [1.82, 2.24) is 4.98 Å². The summed E-state index contributed by atoms with van der Waals surface area (Å²) in [5, 5.41) is 21.2. The molecule has 0 bridgehead atoms. The van der Waals surface area contributed by atoms with Crippen LogP contribution in [0.2, 0.25) is 0 Å². The monoisotopic (exact) mass is 312 g/mol. The number of rotatable bonds is 4. The van der Waals surface area contributed by atoms with Gasteiger partial charge in [-0.05, 0) is 36.4 Å². The lowest BCUT2D eigenvalue weighted by Gasteiger charge is -2.05. The SMILES string of the molecule is COc1ccc2nc(C=Cc3ccc([N+](=O)[O-])o3)cc(O)c2c1. The van der Waals surface area contributed by atoms with E-state index in [-0.39, 0.29) is 11.6 Å². The number of nitrogens with zero attached hydrogens (tertiary/aromatic N) is 2. The smallest absolute Gasteiger partial charge is 0.433 e. The largest absolute Gasteiger partial charge is 0.507 e. The van der Waals surface area contributed by atoms with E-state index in [1.807, 2.05) is 0 Å². The van der Waals surface area contributed by atoms with Crippen LogP contribution in [0.5, 0.6) is 11.5 Å². The Morgan fingerprint density at radius 2 is 2.09 bits per heavy atom. The molecule has 3 aromatic rings. The Morgan fingerprint density at radius 1 is 1.26 bits per heavy atom. The number of nitro groups is 1. The van der Waals surface area contributed by atoms with Crippen LogP contribution in [0.4, 0.5) is 5.88 Å². The molecule has 0 unspecified atom stereocenters. The fraction of sp³-hybridized carbons (Fsp3) is 0.0625. The molecule has 2 heterocycles. The van der Waals surface area contributed by atoms with E-state index in [9.17, 15) is 15.2 Å². The molecule has 23 heavy (non-hydrogen) atoms. The van der Waals surface area contributed by atoms with Crippen molar-refractivity contribution in [3.63, 3.8) is 0 Å². The van der Waals surface area contributed by atoms with Crippen LogP contribution in [0.25, 0.3) is 23.1 Å². The van der Waals surface area contributed by atoms with Crippen molar-refractivity contribution in [2.75, 3.05) is 7.11 Å². The highest BCUT2D eigenvalue weighted by Gasteiger charge is 2.10. The molecule has 0 atom stereocenters. The molecule has 0 saturated carbocycles. The summed E-state index contributed by atoms with van der Waals surface area (Å²) in [4.78, 5) is 14.3. The number of hydrogen-bond acceptors (Lipinski definition) is 6. The van der Waals surface area contributed by atoms with Crippen LogP contribution in [0.3, 0.4) is 0 Å². The lowest BCUT2D eigenvalue weighted by molar-refractivity contribution is -0.402. The topological polar surface area (TPSA) is 98.6 Å². The van der Waals surface area contributed by atoms with E-state index < -0.39 is 4.92 Å². The number of fused-ring (bicyclic) bond motifs is 1. The molecular weight excluding hydrogens is 300 g/mol. The van der Waals surface area contributed by atoms with Crippen molar-refractivity contribution in [1.29, 1.82) is 0 Å². The van der Waals surface area contributed by atoms with Crippen LogP contribution in [0.1, 0.15) is 11.5 Å². The molecule has 116 valence electrons. The van der Waals surface area contributed by atoms with Crippen molar-refractivity contribution < 1.29 is 19.2 Å². The third-order valence-electron chi connectivity index (χ3n) is 3.22. The highest BCUT2D eigenvalue weighted by Crippen LogP contribution is 2.28. The lowest BCUT2D eigenvalue weighted by atomic mass is 10.1. The maximum absolute atomic E-state index is 10.6. The molecule has 7 nitrogen and oxygen atoms in total. The minimum atomic E-state index is -0.606. The average molecular weight is 312 g/mol. The second kappa shape index (κ2) is 5.80. The summed E-state index contributed by atoms with van der Waals surface area (Å²) < 4.78 is 10.1. The minimum absolute atomic E-state index is 0.0685. The average Bonchev–Trinajstić information content (AvgIpc) is 3.02. The van der Waals surface area contributed by atoms with E-state index in [2.05, 4.69) is 4.98 Å². The zero-order valence-corrected chi connectivity index (χ0v) is 12.1. The molecule has 0 aliphatic heterocycles. The van der Waals surface area contributed by atoms with Crippen molar-refractivity contribution >= 4 is 28.9 Å². The summed E-state index contributed by atoms with van der Waals surface area (Å²) in [6.07, 6.45) is 3.15. The lowest BCUT2D eigenvalue weighted by Crippen LogP contribution is -1.87. The van der Waals surface area contributed by atoms with Gasteiger partial charge in [-0.15, -0.1) is 0 Å². The fourth-order valence-electron chi connectivity index (χ4n) is 2.12. The summed E-state index contributed by atoms with van der Waals surface area (Å²) in [5.41, 5.74) is 1.11. The first-order chi connectivity index (χ1) is 11.1. The van der Waals surface area contributed by atoms with E-state index in [0.717, 1.165) is 0 Å². The van der Waals surface area contributed by atoms with Crippen LogP contribution in [0.15, 0.2) is 40.8 Å². The van der Waals surface area contributed by atoms with Gasteiger partial charge in [0.1, 0.15) is 22.2 Å². The standard InChI is InChI=1S/C16H12N2O5/c1-22-12-4-6-14-13(9-12)15(19)8-10(17-14)2-3-11-5-7-16(23-11)18(20)21/h2-9H,1H3,(H,17,19). The van der Waals surface area contributed by atoms with E-state index in [1.165, 1.54) is 18.2 Å². The summed E-state index contributed by atoms with van der Waals surface area (Å²) in [7, 11) is 1.55. The van der Waals surface area contributed by atoms with Gasteiger partial charge in [0.2, 0.25) is 0 Å². The predicted molar refractivity (Wildman–Crippen MR) is 84.3 cm³/mol. The number of benzene rings is 1. The van der Waals surface area contributed by atoms with Crippen LogP contribution >= 0.6 is 0 Å². The van der Waals surface area contributed by atoms with Gasteiger partial charge in [-0.2, -0.15) is 0 Å². The molecule has 0 aliphatic rings. The molecule has 0 spiro atoms. The van der Waals surface area contributed by atoms with Gasteiger partial charge in [0.05, 0.1) is 24.4 Å². The second-order valence-electron chi connectivity index (χ2n) is 4.72. The Bertz CT molecular complexity index is 914. The van der Waals surface area contributed by atoms with Crippen molar-refractivity contribution in [2.24, 2.45) is 0 Å². The number of furan rings is 1. The van der Waals surface area contributed by atoms with Gasteiger partial charge < -0.3 is 14.3 Å². The Labute approximate surface area is 130 Å². The van der Waals surface area contributed by atoms with Gasteiger partial charge in [-0.3, -0.25) is 10.1 Å². The second-order valence-corrected chi connectivity index (χ2v) is 4.72. The number of ether oxygens (including phenoxy) is 1. The van der Waals surface area contributed by atoms with Crippen molar-refractivity contribution in [3.8, 4) is 11.5 Å². The van der Waals surface area contributed by atoms with Crippen molar-refractivity contribution in [3.05, 3.63) is 58.0 Å². The van der Waals surface area contributed by atoms with Crippen LogP contribution < -0.4 is 4.74 Å². The Balaban J connectivity index is 1.93. The highest BCUT2D eigenvalue weighted by molar-refractivity contribution is 5.87. The predicted octanol–water partition coefficient (Wildman–Crippen LogP) is 3.62. The normalized spacial score (nSPS) is 11.2. The maximum Gasteiger partial charge on any atom is 0.433 e. The Morgan fingerprint density at radius 3 is 2.78 bits per heavy atom. The third kappa shape index (κ3) is 2.98. The zero-order valence-electron chi connectivity index (χ0n) is 12.1. The van der Waals surface area contributed by atoms with E-state index in [4.69, 9.17) is 9.15 Å². The van der Waals surface area contributed by atoms with Gasteiger partial charge in [0, 0.05) is 11.5 Å². The molecule has 3 rings (SSSR count). The molecule has 1 aromatic carbocycles. The number of aromatic nitrogens is 1. The summed E-state index contributed by atoms with van der Waals surface area (Å²) in [6, 6.07) is 9.44. The van der Waals surface area contributed by atoms with Crippen LogP contribution in [-0.2, 0) is 0 Å². The molecule has 0 saturated heterocycles. The Hall–Kier alpha value is -3.35. The quantitative estimate of drug-likeness (QED) is 0.583. The van der Waals surface area contributed by atoms with Crippen LogP contribution in [-0.4, -0.2) is 22.1 Å². The summed E-state index contributed by atoms with van der Waals surface area (Å²) >= 11 is 0. The number of aromatic hydroxyl groups is 1. The van der Waals surface area contributed by atoms with Gasteiger partial charge in [0.15, 0.2) is 0 Å². The molecule has 0 aliphatic carbocycles. The third-order valence-corrected chi connectivity index (χ3v) is 3.22. The number of methoxy groups -OCH3 is 1. The van der Waals surface area contributed by atoms with E-state index in [0.29, 0.717) is 28.1 Å². The Kier molecular flexibility index (Phi) is 3.68. The number of hydrogen-bond donors (Lipinski definition) is 1. The summed E-state index contributed by atoms with van der Waals surface area (Å²) in [5.74, 6) is 0.693. The van der Waals surface area contributed by atoms with Crippen LogP contribution in [0, 0.1) is 10.1 Å². The maximum atomic E-state index is 10.6. The van der Waals surface area contributed by atoms with E-state index in [1.54, 1.807) is 37.5 Å². The molecule has 1 N–H and O–H groups in total. The van der Waals surface area contributed by atoms with E-state index >= 15 is 0 Å². The van der Waals surface area contributed by atoms with Gasteiger partial charge in [0.25, 0.3) is 0 Å². The number of pyridine rings is 1. The summed E-state index contributed by atoms with van der Waals surface area (Å²) in [6.45, 7) is 0. The molecule has 0 amide bonds. The molecule has 7 heteroatoms. The first kappa shape index (κ1) is 14.6. The van der Waals surface area contributed by atoms with Gasteiger partial charge >= 0.3 is 5.88 Å². The van der Waals surface area contributed by atoms with Gasteiger partial charge in [-0.25, -0.2) is 4.98 Å². The fourth-order valence-corrected chi connectivity index (χ4v) is 2.12.